The molecule has 1 aliphatic carbocycles. The highest BCUT2D eigenvalue weighted by Gasteiger charge is 2.26. The lowest BCUT2D eigenvalue weighted by molar-refractivity contribution is -0.123. The molecule has 0 aromatic rings. The second-order valence-electron chi connectivity index (χ2n) is 4.93. The Balaban J connectivity index is 2.35. The molecule has 0 aliphatic heterocycles. The Bertz CT molecular complexity index is 259. The van der Waals surface area contributed by atoms with Crippen molar-refractivity contribution in [3.8, 4) is 11.8 Å². The van der Waals surface area contributed by atoms with Crippen molar-refractivity contribution in [2.75, 3.05) is 0 Å². The largest absolute Gasteiger partial charge is 0.298 e. The zero-order valence-corrected chi connectivity index (χ0v) is 10.2. The van der Waals surface area contributed by atoms with Crippen LogP contribution in [0, 0.1) is 29.6 Å². The molecule has 0 aromatic carbocycles. The van der Waals surface area contributed by atoms with E-state index in [0.717, 1.165) is 24.7 Å². The van der Waals surface area contributed by atoms with E-state index in [9.17, 15) is 4.79 Å². The average molecular weight is 206 g/mol. The van der Waals surface area contributed by atoms with Crippen LogP contribution in [-0.2, 0) is 4.79 Å². The molecular formula is C14H22O. The van der Waals surface area contributed by atoms with Gasteiger partial charge in [-0.3, -0.25) is 4.79 Å². The molecule has 1 aliphatic rings. The Labute approximate surface area is 93.6 Å². The number of hydrogen-bond donors (Lipinski definition) is 0. The Morgan fingerprint density at radius 3 is 2.33 bits per heavy atom. The van der Waals surface area contributed by atoms with Crippen molar-refractivity contribution >= 4 is 5.78 Å². The normalized spacial score (nSPS) is 25.9. The van der Waals surface area contributed by atoms with E-state index in [1.54, 1.807) is 6.92 Å². The molecule has 0 N–H and O–H groups in total. The molecule has 0 unspecified atom stereocenters. The van der Waals surface area contributed by atoms with Crippen LogP contribution in [0.5, 0.6) is 0 Å². The predicted molar refractivity (Wildman–Crippen MR) is 63.4 cm³/mol. The molecule has 1 heteroatoms. The van der Waals surface area contributed by atoms with Gasteiger partial charge >= 0.3 is 0 Å². The van der Waals surface area contributed by atoms with Crippen LogP contribution in [-0.4, -0.2) is 5.78 Å². The molecule has 0 saturated heterocycles. The zero-order chi connectivity index (χ0) is 11.3. The van der Waals surface area contributed by atoms with Crippen molar-refractivity contribution in [1.29, 1.82) is 0 Å². The summed E-state index contributed by atoms with van der Waals surface area (Å²) >= 11 is 0. The maximum Gasteiger partial charge on any atom is 0.147 e. The van der Waals surface area contributed by atoms with Gasteiger partial charge in [0.1, 0.15) is 5.78 Å². The van der Waals surface area contributed by atoms with E-state index in [2.05, 4.69) is 25.7 Å². The molecule has 0 heterocycles. The van der Waals surface area contributed by atoms with Crippen molar-refractivity contribution in [3.63, 3.8) is 0 Å². The van der Waals surface area contributed by atoms with Gasteiger partial charge in [0.15, 0.2) is 0 Å². The van der Waals surface area contributed by atoms with E-state index < -0.39 is 0 Å². The standard InChI is InChI=1S/C14H22O/c1-4-5-6-14(15)13-9-7-12(8-10-13)11(2)3/h11-13H,6-10H2,1-3H3. The molecule has 84 valence electrons. The van der Waals surface area contributed by atoms with Crippen LogP contribution in [0.1, 0.15) is 52.9 Å². The van der Waals surface area contributed by atoms with E-state index in [1.165, 1.54) is 12.8 Å². The van der Waals surface area contributed by atoms with Gasteiger partial charge in [-0.2, -0.15) is 0 Å². The van der Waals surface area contributed by atoms with Gasteiger partial charge in [0.05, 0.1) is 6.42 Å². The summed E-state index contributed by atoms with van der Waals surface area (Å²) in [7, 11) is 0. The minimum atomic E-state index is 0.306. The van der Waals surface area contributed by atoms with E-state index in [-0.39, 0.29) is 0 Å². The summed E-state index contributed by atoms with van der Waals surface area (Å²) in [6, 6.07) is 0. The topological polar surface area (TPSA) is 17.1 Å². The third kappa shape index (κ3) is 3.70. The summed E-state index contributed by atoms with van der Waals surface area (Å²) in [6.45, 7) is 6.37. The first-order chi connectivity index (χ1) is 7.15. The number of Topliss-reactive ketones (excluding diaryl/α,β-unsaturated/α-hetero) is 1. The van der Waals surface area contributed by atoms with Crippen molar-refractivity contribution < 1.29 is 4.79 Å². The van der Waals surface area contributed by atoms with Gasteiger partial charge in [-0.1, -0.05) is 19.8 Å². The molecule has 0 radical (unpaired) electrons. The van der Waals surface area contributed by atoms with Crippen LogP contribution in [0.25, 0.3) is 0 Å². The molecule has 1 fully saturated rings. The molecule has 1 nitrogen and oxygen atoms in total. The van der Waals surface area contributed by atoms with Crippen LogP contribution < -0.4 is 0 Å². The SMILES string of the molecule is CC#CCC(=O)C1CCC(C(C)C)CC1. The molecule has 0 bridgehead atoms. The summed E-state index contributed by atoms with van der Waals surface area (Å²) in [4.78, 5) is 11.7. The molecule has 0 atom stereocenters. The van der Waals surface area contributed by atoms with Crippen LogP contribution in [0.2, 0.25) is 0 Å². The van der Waals surface area contributed by atoms with E-state index in [1.807, 2.05) is 0 Å². The van der Waals surface area contributed by atoms with E-state index >= 15 is 0 Å². The monoisotopic (exact) mass is 206 g/mol. The molecule has 0 spiro atoms. The minimum absolute atomic E-state index is 0.306. The molecule has 1 rings (SSSR count). The summed E-state index contributed by atoms with van der Waals surface area (Å²) in [5.74, 6) is 7.96. The number of ketones is 1. The van der Waals surface area contributed by atoms with Gasteiger partial charge in [-0.25, -0.2) is 0 Å². The number of rotatable bonds is 3. The second kappa shape index (κ2) is 5.95. The summed E-state index contributed by atoms with van der Waals surface area (Å²) < 4.78 is 0. The summed E-state index contributed by atoms with van der Waals surface area (Å²) in [6.07, 6.45) is 5.11. The molecule has 0 aromatic heterocycles. The fourth-order valence-electron chi connectivity index (χ4n) is 2.43. The molecule has 1 saturated carbocycles. The summed E-state index contributed by atoms with van der Waals surface area (Å²) in [5.41, 5.74) is 0. The maximum absolute atomic E-state index is 11.7. The van der Waals surface area contributed by atoms with Gasteiger partial charge in [0.2, 0.25) is 0 Å². The fourth-order valence-corrected chi connectivity index (χ4v) is 2.43. The maximum atomic E-state index is 11.7. The molecular weight excluding hydrogens is 184 g/mol. The van der Waals surface area contributed by atoms with Crippen molar-refractivity contribution in [3.05, 3.63) is 0 Å². The van der Waals surface area contributed by atoms with Crippen molar-refractivity contribution in [2.24, 2.45) is 17.8 Å². The van der Waals surface area contributed by atoms with Gasteiger partial charge < -0.3 is 0 Å². The number of carbonyl (C=O) groups is 1. The minimum Gasteiger partial charge on any atom is -0.298 e. The second-order valence-corrected chi connectivity index (χ2v) is 4.93. The smallest absolute Gasteiger partial charge is 0.147 e. The first-order valence-corrected chi connectivity index (χ1v) is 6.07. The Morgan fingerprint density at radius 2 is 1.87 bits per heavy atom. The summed E-state index contributed by atoms with van der Waals surface area (Å²) in [5, 5.41) is 0. The van der Waals surface area contributed by atoms with Crippen LogP contribution in [0.3, 0.4) is 0 Å². The lowest BCUT2D eigenvalue weighted by Crippen LogP contribution is -2.23. The van der Waals surface area contributed by atoms with E-state index in [4.69, 9.17) is 0 Å². The van der Waals surface area contributed by atoms with E-state index in [0.29, 0.717) is 18.1 Å². The first kappa shape index (κ1) is 12.3. The van der Waals surface area contributed by atoms with Crippen LogP contribution in [0.4, 0.5) is 0 Å². The highest BCUT2D eigenvalue weighted by atomic mass is 16.1. The predicted octanol–water partition coefficient (Wildman–Crippen LogP) is 3.43. The van der Waals surface area contributed by atoms with Gasteiger partial charge in [-0.05, 0) is 44.4 Å². The van der Waals surface area contributed by atoms with Gasteiger partial charge in [0.25, 0.3) is 0 Å². The Kier molecular flexibility index (Phi) is 4.88. The van der Waals surface area contributed by atoms with Crippen molar-refractivity contribution in [2.45, 2.75) is 52.9 Å². The Morgan fingerprint density at radius 1 is 1.27 bits per heavy atom. The number of hydrogen-bond acceptors (Lipinski definition) is 1. The highest BCUT2D eigenvalue weighted by Crippen LogP contribution is 2.33. The quantitative estimate of drug-likeness (QED) is 0.646. The van der Waals surface area contributed by atoms with Gasteiger partial charge in [-0.15, -0.1) is 5.92 Å². The van der Waals surface area contributed by atoms with Crippen LogP contribution >= 0.6 is 0 Å². The molecule has 0 amide bonds. The van der Waals surface area contributed by atoms with Crippen molar-refractivity contribution in [1.82, 2.24) is 0 Å². The van der Waals surface area contributed by atoms with Gasteiger partial charge in [0, 0.05) is 5.92 Å². The third-order valence-corrected chi connectivity index (χ3v) is 3.61. The molecule has 15 heavy (non-hydrogen) atoms. The number of carbonyl (C=O) groups excluding carboxylic acids is 1. The lowest BCUT2D eigenvalue weighted by Gasteiger charge is -2.29. The van der Waals surface area contributed by atoms with Crippen LogP contribution in [0.15, 0.2) is 0 Å². The highest BCUT2D eigenvalue weighted by molar-refractivity contribution is 5.83. The first-order valence-electron chi connectivity index (χ1n) is 6.07. The average Bonchev–Trinajstić information content (AvgIpc) is 2.26. The Hall–Kier alpha value is -0.770. The third-order valence-electron chi connectivity index (χ3n) is 3.61. The lowest BCUT2D eigenvalue weighted by atomic mass is 9.75. The fraction of sp³-hybridized carbons (Fsp3) is 0.786. The zero-order valence-electron chi connectivity index (χ0n) is 10.2.